The van der Waals surface area contributed by atoms with Gasteiger partial charge in [0.15, 0.2) is 0 Å². The molecule has 1 fully saturated rings. The summed E-state index contributed by atoms with van der Waals surface area (Å²) in [5.74, 6) is 0.835. The molecule has 0 aromatic heterocycles. The fraction of sp³-hybridized carbons (Fsp3) is 0.474. The third-order valence-corrected chi connectivity index (χ3v) is 4.51. The molecule has 0 saturated carbocycles. The fourth-order valence-electron chi connectivity index (χ4n) is 3.15. The van der Waals surface area contributed by atoms with E-state index in [9.17, 15) is 9.59 Å². The van der Waals surface area contributed by atoms with E-state index in [2.05, 4.69) is 11.4 Å². The highest BCUT2D eigenvalue weighted by molar-refractivity contribution is 5.92. The van der Waals surface area contributed by atoms with Gasteiger partial charge >= 0.3 is 6.09 Å². The number of nitrogens with zero attached hydrogens (tertiary/aromatic N) is 1. The Labute approximate surface area is 147 Å². The van der Waals surface area contributed by atoms with E-state index in [4.69, 9.17) is 9.47 Å². The Balaban J connectivity index is 1.46. The molecule has 1 aromatic rings. The summed E-state index contributed by atoms with van der Waals surface area (Å²) in [5.41, 5.74) is 2.19. The monoisotopic (exact) mass is 344 g/mol. The Kier molecular flexibility index (Phi) is 5.58. The van der Waals surface area contributed by atoms with Gasteiger partial charge in [0.2, 0.25) is 5.91 Å². The first-order valence-corrected chi connectivity index (χ1v) is 8.81. The molecule has 2 heterocycles. The molecule has 0 radical (unpaired) electrons. The van der Waals surface area contributed by atoms with E-state index in [-0.39, 0.29) is 18.0 Å². The second-order valence-corrected chi connectivity index (χ2v) is 6.27. The Hall–Kier alpha value is -2.50. The first-order valence-electron chi connectivity index (χ1n) is 8.81. The number of carbonyl (C=O) groups excluding carboxylic acids is 2. The highest BCUT2D eigenvalue weighted by Crippen LogP contribution is 2.26. The van der Waals surface area contributed by atoms with Crippen molar-refractivity contribution in [3.63, 3.8) is 0 Å². The number of rotatable bonds is 4. The number of piperidine rings is 1. The first kappa shape index (κ1) is 17.3. The largest absolute Gasteiger partial charge is 0.493 e. The molecule has 0 unspecified atom stereocenters. The minimum absolute atomic E-state index is 0.0937. The van der Waals surface area contributed by atoms with E-state index < -0.39 is 0 Å². The Morgan fingerprint density at radius 1 is 1.36 bits per heavy atom. The molecule has 1 N–H and O–H groups in total. The smallest absolute Gasteiger partial charge is 0.409 e. The van der Waals surface area contributed by atoms with Crippen molar-refractivity contribution in [1.29, 1.82) is 0 Å². The lowest BCUT2D eigenvalue weighted by atomic mass is 10.1. The average Bonchev–Trinajstić information content (AvgIpc) is 3.08. The summed E-state index contributed by atoms with van der Waals surface area (Å²) < 4.78 is 10.5. The first-order chi connectivity index (χ1) is 12.2. The molecule has 0 aliphatic carbocycles. The van der Waals surface area contributed by atoms with Gasteiger partial charge in [-0.05, 0) is 49.1 Å². The van der Waals surface area contributed by atoms with Crippen LogP contribution in [0.5, 0.6) is 5.75 Å². The lowest BCUT2D eigenvalue weighted by molar-refractivity contribution is -0.117. The number of carbonyl (C=O) groups is 2. The van der Waals surface area contributed by atoms with Gasteiger partial charge in [0.25, 0.3) is 0 Å². The van der Waals surface area contributed by atoms with Crippen molar-refractivity contribution in [2.45, 2.75) is 32.2 Å². The molecular formula is C19H24N2O4. The van der Waals surface area contributed by atoms with Crippen LogP contribution in [0, 0.1) is 0 Å². The van der Waals surface area contributed by atoms with Crippen molar-refractivity contribution in [2.75, 3.05) is 26.3 Å². The summed E-state index contributed by atoms with van der Waals surface area (Å²) in [4.78, 5) is 25.5. The summed E-state index contributed by atoms with van der Waals surface area (Å²) in [6.07, 6.45) is 5.52. The Morgan fingerprint density at radius 3 is 2.92 bits per heavy atom. The lowest BCUT2D eigenvalue weighted by Crippen LogP contribution is -2.46. The molecule has 3 rings (SSSR count). The second kappa shape index (κ2) is 8.05. The second-order valence-electron chi connectivity index (χ2n) is 6.27. The molecule has 6 heteroatoms. The van der Waals surface area contributed by atoms with Gasteiger partial charge in [-0.3, -0.25) is 4.79 Å². The highest BCUT2D eigenvalue weighted by Gasteiger charge is 2.24. The maximum absolute atomic E-state index is 12.1. The summed E-state index contributed by atoms with van der Waals surface area (Å²) >= 11 is 0. The van der Waals surface area contributed by atoms with Crippen LogP contribution in [-0.2, 0) is 16.0 Å². The van der Waals surface area contributed by atoms with E-state index in [1.165, 1.54) is 5.56 Å². The van der Waals surface area contributed by atoms with Gasteiger partial charge in [0.05, 0.1) is 13.2 Å². The third-order valence-electron chi connectivity index (χ3n) is 4.51. The zero-order chi connectivity index (χ0) is 17.6. The van der Waals surface area contributed by atoms with Crippen molar-refractivity contribution >= 4 is 18.1 Å². The van der Waals surface area contributed by atoms with Crippen LogP contribution in [0.25, 0.3) is 6.08 Å². The average molecular weight is 344 g/mol. The van der Waals surface area contributed by atoms with Crippen LogP contribution in [-0.4, -0.2) is 49.2 Å². The third kappa shape index (κ3) is 4.53. The van der Waals surface area contributed by atoms with Crippen LogP contribution < -0.4 is 10.1 Å². The maximum atomic E-state index is 12.1. The molecular weight excluding hydrogens is 320 g/mol. The van der Waals surface area contributed by atoms with Crippen LogP contribution in [0.15, 0.2) is 24.3 Å². The van der Waals surface area contributed by atoms with Crippen molar-refractivity contribution in [3.8, 4) is 5.75 Å². The van der Waals surface area contributed by atoms with Crippen LogP contribution in [0.4, 0.5) is 4.79 Å². The van der Waals surface area contributed by atoms with E-state index in [0.29, 0.717) is 19.7 Å². The zero-order valence-corrected chi connectivity index (χ0v) is 14.5. The van der Waals surface area contributed by atoms with Crippen LogP contribution in [0.2, 0.25) is 0 Å². The normalized spacial score (nSPS) is 17.2. The van der Waals surface area contributed by atoms with Crippen molar-refractivity contribution in [3.05, 3.63) is 35.4 Å². The zero-order valence-electron chi connectivity index (χ0n) is 14.5. The molecule has 6 nitrogen and oxygen atoms in total. The Morgan fingerprint density at radius 2 is 2.16 bits per heavy atom. The quantitative estimate of drug-likeness (QED) is 0.852. The van der Waals surface area contributed by atoms with Gasteiger partial charge in [-0.25, -0.2) is 4.79 Å². The minimum Gasteiger partial charge on any atom is -0.493 e. The molecule has 1 aromatic carbocycles. The van der Waals surface area contributed by atoms with E-state index in [1.54, 1.807) is 17.9 Å². The van der Waals surface area contributed by atoms with E-state index >= 15 is 0 Å². The summed E-state index contributed by atoms with van der Waals surface area (Å²) in [6.45, 7) is 4.13. The van der Waals surface area contributed by atoms with Crippen LogP contribution in [0.3, 0.4) is 0 Å². The number of likely N-dealkylation sites (tertiary alicyclic amines) is 1. The molecule has 2 aliphatic rings. The number of fused-ring (bicyclic) bond motifs is 1. The fourth-order valence-corrected chi connectivity index (χ4v) is 3.15. The number of hydrogen-bond acceptors (Lipinski definition) is 4. The van der Waals surface area contributed by atoms with Gasteiger partial charge in [-0.1, -0.05) is 6.07 Å². The van der Waals surface area contributed by atoms with Gasteiger partial charge in [0, 0.05) is 31.6 Å². The Bertz CT molecular complexity index is 663. The molecule has 2 aliphatic heterocycles. The molecule has 0 atom stereocenters. The molecule has 0 bridgehead atoms. The summed E-state index contributed by atoms with van der Waals surface area (Å²) in [7, 11) is 0. The SMILES string of the molecule is CCOC(=O)N1CCC(NC(=O)/C=C/c2ccc3c(c2)CCO3)CC1. The summed E-state index contributed by atoms with van der Waals surface area (Å²) in [5, 5.41) is 3.00. The molecule has 0 spiro atoms. The van der Waals surface area contributed by atoms with Gasteiger partial charge in [-0.2, -0.15) is 0 Å². The number of ether oxygens (including phenoxy) is 2. The predicted molar refractivity (Wildman–Crippen MR) is 94.4 cm³/mol. The maximum Gasteiger partial charge on any atom is 0.409 e. The molecule has 1 saturated heterocycles. The topological polar surface area (TPSA) is 67.9 Å². The molecule has 25 heavy (non-hydrogen) atoms. The van der Waals surface area contributed by atoms with Crippen LogP contribution in [0.1, 0.15) is 30.9 Å². The summed E-state index contributed by atoms with van der Waals surface area (Å²) in [6, 6.07) is 6.05. The lowest BCUT2D eigenvalue weighted by Gasteiger charge is -2.31. The predicted octanol–water partition coefficient (Wildman–Crippen LogP) is 2.37. The van der Waals surface area contributed by atoms with E-state index in [0.717, 1.165) is 37.2 Å². The van der Waals surface area contributed by atoms with Crippen molar-refractivity contribution < 1.29 is 19.1 Å². The van der Waals surface area contributed by atoms with E-state index in [1.807, 2.05) is 18.2 Å². The number of amides is 2. The number of benzene rings is 1. The van der Waals surface area contributed by atoms with Crippen molar-refractivity contribution in [1.82, 2.24) is 10.2 Å². The van der Waals surface area contributed by atoms with Crippen molar-refractivity contribution in [2.24, 2.45) is 0 Å². The number of hydrogen-bond donors (Lipinski definition) is 1. The standard InChI is InChI=1S/C19H24N2O4/c1-2-24-19(23)21-10-7-16(8-11-21)20-18(22)6-4-14-3-5-17-15(13-14)9-12-25-17/h3-6,13,16H,2,7-12H2,1H3,(H,20,22)/b6-4+. The van der Waals surface area contributed by atoms with Gasteiger partial charge in [0.1, 0.15) is 5.75 Å². The van der Waals surface area contributed by atoms with Gasteiger partial charge < -0.3 is 19.7 Å². The van der Waals surface area contributed by atoms with Crippen LogP contribution >= 0.6 is 0 Å². The molecule has 2 amide bonds. The minimum atomic E-state index is -0.271. The van der Waals surface area contributed by atoms with Gasteiger partial charge in [-0.15, -0.1) is 0 Å². The highest BCUT2D eigenvalue weighted by atomic mass is 16.6. The number of nitrogens with one attached hydrogen (secondary N) is 1. The molecule has 134 valence electrons.